The molecule has 2 nitrogen and oxygen atoms in total. The Morgan fingerprint density at radius 1 is 1.60 bits per heavy atom. The largest absolute Gasteiger partial charge is 0.385 e. The fraction of sp³-hybridized carbons (Fsp3) is 0.833. The van der Waals surface area contributed by atoms with Crippen LogP contribution in [0.25, 0.3) is 0 Å². The third-order valence-electron chi connectivity index (χ3n) is 1.01. The third kappa shape index (κ3) is 4.09. The molecule has 0 aliphatic carbocycles. The number of hydrogen-bond acceptors (Lipinski definition) is 3. The van der Waals surface area contributed by atoms with Gasteiger partial charge in [0.1, 0.15) is 9.76 Å². The second-order valence-corrected chi connectivity index (χ2v) is 4.12. The average Bonchev–Trinajstić information content (AvgIpc) is 1.81. The van der Waals surface area contributed by atoms with Gasteiger partial charge < -0.3 is 10.5 Å². The minimum absolute atomic E-state index is 0.0949. The van der Waals surface area contributed by atoms with Crippen molar-refractivity contribution in [1.29, 1.82) is 0 Å². The van der Waals surface area contributed by atoms with Crippen LogP contribution >= 0.6 is 24.0 Å². The van der Waals surface area contributed by atoms with Crippen LogP contribution in [-0.4, -0.2) is 16.9 Å². The number of hydrogen-bond donors (Lipinski definition) is 1. The zero-order valence-corrected chi connectivity index (χ0v) is 8.09. The van der Waals surface area contributed by atoms with E-state index in [0.29, 0.717) is 10.2 Å². The molecule has 1 atom stereocenters. The predicted molar refractivity (Wildman–Crippen MR) is 50.0 cm³/mol. The van der Waals surface area contributed by atoms with Gasteiger partial charge in [-0.2, -0.15) is 0 Å². The predicted octanol–water partition coefficient (Wildman–Crippen LogP) is 1.59. The van der Waals surface area contributed by atoms with Crippen LogP contribution in [0.3, 0.4) is 0 Å². The lowest BCUT2D eigenvalue weighted by Gasteiger charge is -2.16. The molecule has 0 spiro atoms. The van der Waals surface area contributed by atoms with E-state index in [1.165, 1.54) is 11.8 Å². The first-order chi connectivity index (χ1) is 4.57. The van der Waals surface area contributed by atoms with E-state index in [-0.39, 0.29) is 5.44 Å². The van der Waals surface area contributed by atoms with E-state index in [4.69, 9.17) is 22.7 Å². The normalized spacial score (nSPS) is 13.6. The molecule has 0 radical (unpaired) electrons. The molecule has 0 rings (SSSR count). The van der Waals surface area contributed by atoms with Crippen LogP contribution in [-0.2, 0) is 4.74 Å². The van der Waals surface area contributed by atoms with E-state index in [0.717, 1.165) is 0 Å². The van der Waals surface area contributed by atoms with Crippen molar-refractivity contribution in [3.63, 3.8) is 0 Å². The van der Waals surface area contributed by atoms with Gasteiger partial charge >= 0.3 is 0 Å². The Morgan fingerprint density at radius 2 is 2.10 bits per heavy atom. The number of thiocarbonyl (C=S) groups is 1. The summed E-state index contributed by atoms with van der Waals surface area (Å²) in [5.74, 6) is 0.441. The summed E-state index contributed by atoms with van der Waals surface area (Å²) in [5.41, 5.74) is 5.42. The molecule has 0 heterocycles. The van der Waals surface area contributed by atoms with Crippen molar-refractivity contribution in [3.05, 3.63) is 0 Å². The molecule has 0 bridgehead atoms. The Labute approximate surface area is 71.5 Å². The van der Waals surface area contributed by atoms with Gasteiger partial charge in [-0.15, -0.1) is 0 Å². The van der Waals surface area contributed by atoms with E-state index in [1.54, 1.807) is 7.11 Å². The molecule has 0 aliphatic rings. The van der Waals surface area contributed by atoms with Gasteiger partial charge in [-0.3, -0.25) is 0 Å². The lowest BCUT2D eigenvalue weighted by atomic mass is 10.2. The van der Waals surface area contributed by atoms with Gasteiger partial charge in [-0.25, -0.2) is 0 Å². The molecular weight excluding hydrogens is 166 g/mol. The van der Waals surface area contributed by atoms with Crippen molar-refractivity contribution >= 4 is 28.3 Å². The summed E-state index contributed by atoms with van der Waals surface area (Å²) in [7, 11) is 1.66. The van der Waals surface area contributed by atoms with Gasteiger partial charge in [0.15, 0.2) is 0 Å². The molecule has 60 valence electrons. The van der Waals surface area contributed by atoms with Gasteiger partial charge in [0.2, 0.25) is 0 Å². The van der Waals surface area contributed by atoms with Crippen LogP contribution in [0.4, 0.5) is 0 Å². The van der Waals surface area contributed by atoms with Crippen molar-refractivity contribution in [2.45, 2.75) is 19.3 Å². The summed E-state index contributed by atoms with van der Waals surface area (Å²) < 4.78 is 5.56. The first-order valence-corrected chi connectivity index (χ1v) is 4.35. The summed E-state index contributed by atoms with van der Waals surface area (Å²) in [6.45, 7) is 4.14. The maximum absolute atomic E-state index is 5.32. The smallest absolute Gasteiger partial charge is 0.133 e. The maximum Gasteiger partial charge on any atom is 0.133 e. The minimum Gasteiger partial charge on any atom is -0.385 e. The molecule has 0 aromatic carbocycles. The summed E-state index contributed by atoms with van der Waals surface area (Å²) in [5, 5.41) is 0. The fourth-order valence-corrected chi connectivity index (χ4v) is 1.45. The number of thioether (sulfide) groups is 1. The van der Waals surface area contributed by atoms with Crippen molar-refractivity contribution in [2.24, 2.45) is 11.7 Å². The first kappa shape index (κ1) is 10.2. The van der Waals surface area contributed by atoms with Crippen molar-refractivity contribution < 1.29 is 4.74 Å². The minimum atomic E-state index is 0.0949. The molecule has 1 unspecified atom stereocenters. The maximum atomic E-state index is 5.32. The molecular formula is C6H13NOS2. The van der Waals surface area contributed by atoms with Crippen molar-refractivity contribution in [2.75, 3.05) is 7.11 Å². The zero-order chi connectivity index (χ0) is 8.15. The Morgan fingerprint density at radius 3 is 2.20 bits per heavy atom. The molecule has 2 N–H and O–H groups in total. The molecule has 0 saturated carbocycles. The molecule has 0 aromatic heterocycles. The highest BCUT2D eigenvalue weighted by atomic mass is 32.2. The number of ether oxygens (including phenoxy) is 1. The molecule has 10 heavy (non-hydrogen) atoms. The summed E-state index contributed by atoms with van der Waals surface area (Å²) in [4.78, 5) is 0. The van der Waals surface area contributed by atoms with E-state index < -0.39 is 0 Å². The van der Waals surface area contributed by atoms with Crippen LogP contribution in [0.15, 0.2) is 0 Å². The van der Waals surface area contributed by atoms with Crippen LogP contribution in [0.2, 0.25) is 0 Å². The molecule has 0 aromatic rings. The Bertz CT molecular complexity index is 116. The SMILES string of the molecule is COC(SC(N)=S)C(C)C. The lowest BCUT2D eigenvalue weighted by Crippen LogP contribution is -2.18. The van der Waals surface area contributed by atoms with Gasteiger partial charge in [0.05, 0.1) is 0 Å². The molecule has 0 aliphatic heterocycles. The van der Waals surface area contributed by atoms with Crippen LogP contribution in [0, 0.1) is 5.92 Å². The second kappa shape index (κ2) is 4.93. The fourth-order valence-electron chi connectivity index (χ4n) is 0.571. The molecule has 4 heteroatoms. The molecule has 0 fully saturated rings. The number of nitrogens with two attached hydrogens (primary N) is 1. The quantitative estimate of drug-likeness (QED) is 0.527. The standard InChI is InChI=1S/C6H13NOS2/c1-4(2)5(8-3)10-6(7)9/h4-5H,1-3H3,(H2,7,9). The summed E-state index contributed by atoms with van der Waals surface area (Å²) >= 11 is 6.11. The summed E-state index contributed by atoms with van der Waals surface area (Å²) in [6, 6.07) is 0. The van der Waals surface area contributed by atoms with E-state index >= 15 is 0 Å². The summed E-state index contributed by atoms with van der Waals surface area (Å²) in [6.07, 6.45) is 0. The Balaban J connectivity index is 3.71. The van der Waals surface area contributed by atoms with E-state index in [1.807, 2.05) is 0 Å². The number of methoxy groups -OCH3 is 1. The molecule has 0 saturated heterocycles. The monoisotopic (exact) mass is 179 g/mol. The molecule has 0 amide bonds. The number of rotatable bonds is 3. The van der Waals surface area contributed by atoms with Gasteiger partial charge in [0, 0.05) is 7.11 Å². The third-order valence-corrected chi connectivity index (χ3v) is 2.50. The second-order valence-electron chi connectivity index (χ2n) is 2.28. The Hall–Kier alpha value is 0.200. The van der Waals surface area contributed by atoms with Crippen molar-refractivity contribution in [1.82, 2.24) is 0 Å². The van der Waals surface area contributed by atoms with Gasteiger partial charge in [-0.05, 0) is 5.92 Å². The van der Waals surface area contributed by atoms with Gasteiger partial charge in [-0.1, -0.05) is 37.8 Å². The highest BCUT2D eigenvalue weighted by Gasteiger charge is 2.13. The first-order valence-electron chi connectivity index (χ1n) is 3.06. The van der Waals surface area contributed by atoms with Crippen LogP contribution in [0.1, 0.15) is 13.8 Å². The van der Waals surface area contributed by atoms with Crippen molar-refractivity contribution in [3.8, 4) is 0 Å². The van der Waals surface area contributed by atoms with Gasteiger partial charge in [0.25, 0.3) is 0 Å². The Kier molecular flexibility index (Phi) is 5.03. The topological polar surface area (TPSA) is 35.2 Å². The van der Waals surface area contributed by atoms with E-state index in [2.05, 4.69) is 13.8 Å². The van der Waals surface area contributed by atoms with E-state index in [9.17, 15) is 0 Å². The average molecular weight is 179 g/mol. The zero-order valence-electron chi connectivity index (χ0n) is 6.46. The van der Waals surface area contributed by atoms with Crippen LogP contribution in [0.5, 0.6) is 0 Å². The highest BCUT2D eigenvalue weighted by Crippen LogP contribution is 2.19. The highest BCUT2D eigenvalue weighted by molar-refractivity contribution is 8.23. The van der Waals surface area contributed by atoms with Crippen LogP contribution < -0.4 is 5.73 Å². The lowest BCUT2D eigenvalue weighted by molar-refractivity contribution is 0.137.